The zero-order valence-corrected chi connectivity index (χ0v) is 10.1. The number of aryl methyl sites for hydroxylation is 2. The van der Waals surface area contributed by atoms with Crippen molar-refractivity contribution in [3.63, 3.8) is 0 Å². The van der Waals surface area contributed by atoms with E-state index >= 15 is 0 Å². The number of halogens is 1. The van der Waals surface area contributed by atoms with Gasteiger partial charge in [-0.1, -0.05) is 20.3 Å². The molecule has 13 heavy (non-hydrogen) atoms. The van der Waals surface area contributed by atoms with Crippen LogP contribution in [0.1, 0.15) is 38.2 Å². The van der Waals surface area contributed by atoms with Gasteiger partial charge in [0.15, 0.2) is 0 Å². The van der Waals surface area contributed by atoms with Crippen molar-refractivity contribution in [3.05, 3.63) is 16.1 Å². The lowest BCUT2D eigenvalue weighted by Gasteiger charge is -2.02. The van der Waals surface area contributed by atoms with Crippen LogP contribution in [-0.2, 0) is 6.42 Å². The fraction of sp³-hybridized carbons (Fsp3) is 0.700. The lowest BCUT2D eigenvalue weighted by molar-refractivity contribution is 0.553. The number of H-pyrrole nitrogens is 1. The minimum absolute atomic E-state index is 0.794. The van der Waals surface area contributed by atoms with Crippen LogP contribution in [-0.4, -0.2) is 9.97 Å². The quantitative estimate of drug-likeness (QED) is 0.864. The second-order valence-corrected chi connectivity index (χ2v) is 4.63. The van der Waals surface area contributed by atoms with Crippen LogP contribution in [0.15, 0.2) is 4.60 Å². The number of aromatic amines is 1. The zero-order valence-electron chi connectivity index (χ0n) is 8.52. The van der Waals surface area contributed by atoms with Gasteiger partial charge in [0.1, 0.15) is 10.4 Å². The summed E-state index contributed by atoms with van der Waals surface area (Å²) in [4.78, 5) is 7.53. The summed E-state index contributed by atoms with van der Waals surface area (Å²) in [6.45, 7) is 6.50. The molecule has 1 aromatic heterocycles. The monoisotopic (exact) mass is 244 g/mol. The maximum atomic E-state index is 4.27. The average Bonchev–Trinajstić information content (AvgIpc) is 2.29. The van der Waals surface area contributed by atoms with Crippen molar-refractivity contribution >= 4 is 15.9 Å². The zero-order chi connectivity index (χ0) is 9.84. The molecule has 1 rings (SSSR count). The third-order valence-electron chi connectivity index (χ3n) is 2.05. The van der Waals surface area contributed by atoms with Crippen LogP contribution in [0.25, 0.3) is 0 Å². The van der Waals surface area contributed by atoms with Crippen LogP contribution in [0.5, 0.6) is 0 Å². The van der Waals surface area contributed by atoms with E-state index in [-0.39, 0.29) is 0 Å². The molecule has 0 aliphatic carbocycles. The summed E-state index contributed by atoms with van der Waals surface area (Å²) in [7, 11) is 0. The van der Waals surface area contributed by atoms with E-state index in [1.807, 2.05) is 6.92 Å². The van der Waals surface area contributed by atoms with Gasteiger partial charge in [-0.3, -0.25) is 0 Å². The Balaban J connectivity index is 2.40. The Kier molecular flexibility index (Phi) is 3.97. The lowest BCUT2D eigenvalue weighted by Crippen LogP contribution is -1.91. The Morgan fingerprint density at radius 1 is 1.46 bits per heavy atom. The SMILES string of the molecule is Cc1nc(Br)c(CCCC(C)C)[nH]1. The molecule has 2 nitrogen and oxygen atoms in total. The van der Waals surface area contributed by atoms with E-state index in [0.717, 1.165) is 22.8 Å². The molecule has 0 unspecified atom stereocenters. The van der Waals surface area contributed by atoms with Gasteiger partial charge in [0, 0.05) is 5.69 Å². The van der Waals surface area contributed by atoms with Gasteiger partial charge in [-0.05, 0) is 41.6 Å². The van der Waals surface area contributed by atoms with Gasteiger partial charge >= 0.3 is 0 Å². The third kappa shape index (κ3) is 3.51. The molecule has 1 heterocycles. The Hall–Kier alpha value is -0.310. The van der Waals surface area contributed by atoms with Crippen LogP contribution in [0, 0.1) is 12.8 Å². The van der Waals surface area contributed by atoms with E-state index < -0.39 is 0 Å². The summed E-state index contributed by atoms with van der Waals surface area (Å²) < 4.78 is 0.980. The number of nitrogens with one attached hydrogen (secondary N) is 1. The van der Waals surface area contributed by atoms with Gasteiger partial charge in [0.05, 0.1) is 0 Å². The minimum atomic E-state index is 0.794. The third-order valence-corrected chi connectivity index (χ3v) is 2.71. The molecule has 0 saturated carbocycles. The Morgan fingerprint density at radius 3 is 2.62 bits per heavy atom. The largest absolute Gasteiger partial charge is 0.345 e. The highest BCUT2D eigenvalue weighted by Crippen LogP contribution is 2.16. The normalized spacial score (nSPS) is 11.2. The molecular formula is C10H17BrN2. The summed E-state index contributed by atoms with van der Waals surface area (Å²) in [5.41, 5.74) is 1.23. The summed E-state index contributed by atoms with van der Waals surface area (Å²) >= 11 is 3.44. The predicted molar refractivity (Wildman–Crippen MR) is 58.8 cm³/mol. The van der Waals surface area contributed by atoms with Crippen LogP contribution in [0.3, 0.4) is 0 Å². The minimum Gasteiger partial charge on any atom is -0.345 e. The van der Waals surface area contributed by atoms with Gasteiger partial charge in [-0.2, -0.15) is 0 Å². The van der Waals surface area contributed by atoms with Gasteiger partial charge in [0.2, 0.25) is 0 Å². The predicted octanol–water partition coefficient (Wildman–Crippen LogP) is 3.46. The summed E-state index contributed by atoms with van der Waals surface area (Å²) in [6.07, 6.45) is 3.61. The highest BCUT2D eigenvalue weighted by molar-refractivity contribution is 9.10. The fourth-order valence-electron chi connectivity index (χ4n) is 1.37. The smallest absolute Gasteiger partial charge is 0.127 e. The number of hydrogen-bond donors (Lipinski definition) is 1. The molecule has 3 heteroatoms. The first kappa shape index (κ1) is 10.8. The lowest BCUT2D eigenvalue weighted by atomic mass is 10.1. The van der Waals surface area contributed by atoms with Crippen molar-refractivity contribution in [2.75, 3.05) is 0 Å². The molecule has 0 bridgehead atoms. The van der Waals surface area contributed by atoms with E-state index in [1.54, 1.807) is 0 Å². The van der Waals surface area contributed by atoms with Gasteiger partial charge in [-0.15, -0.1) is 0 Å². The van der Waals surface area contributed by atoms with E-state index in [9.17, 15) is 0 Å². The molecule has 0 saturated heterocycles. The highest BCUT2D eigenvalue weighted by Gasteiger charge is 2.04. The molecule has 0 spiro atoms. The van der Waals surface area contributed by atoms with Crippen molar-refractivity contribution in [1.82, 2.24) is 9.97 Å². The van der Waals surface area contributed by atoms with Crippen LogP contribution >= 0.6 is 15.9 Å². The van der Waals surface area contributed by atoms with E-state index in [0.29, 0.717) is 0 Å². The first-order chi connectivity index (χ1) is 6.09. The van der Waals surface area contributed by atoms with E-state index in [4.69, 9.17) is 0 Å². The standard InChI is InChI=1S/C10H17BrN2/c1-7(2)5-4-6-9-10(11)13-8(3)12-9/h7H,4-6H2,1-3H3,(H,12,13). The number of nitrogens with zero attached hydrogens (tertiary/aromatic N) is 1. The van der Waals surface area contributed by atoms with Gasteiger partial charge < -0.3 is 4.98 Å². The number of aromatic nitrogens is 2. The van der Waals surface area contributed by atoms with Crippen molar-refractivity contribution in [2.24, 2.45) is 5.92 Å². The maximum Gasteiger partial charge on any atom is 0.127 e. The van der Waals surface area contributed by atoms with Crippen LogP contribution in [0.4, 0.5) is 0 Å². The number of hydrogen-bond acceptors (Lipinski definition) is 1. The molecule has 0 atom stereocenters. The maximum absolute atomic E-state index is 4.27. The molecule has 0 radical (unpaired) electrons. The van der Waals surface area contributed by atoms with Crippen molar-refractivity contribution in [2.45, 2.75) is 40.0 Å². The number of rotatable bonds is 4. The molecule has 74 valence electrons. The highest BCUT2D eigenvalue weighted by atomic mass is 79.9. The van der Waals surface area contributed by atoms with Crippen molar-refractivity contribution in [1.29, 1.82) is 0 Å². The molecule has 0 fully saturated rings. The number of imidazole rings is 1. The molecular weight excluding hydrogens is 228 g/mol. The van der Waals surface area contributed by atoms with Crippen LogP contribution < -0.4 is 0 Å². The molecule has 0 aliphatic rings. The first-order valence-electron chi connectivity index (χ1n) is 4.80. The summed E-state index contributed by atoms with van der Waals surface area (Å²) in [5, 5.41) is 0. The second kappa shape index (κ2) is 4.80. The summed E-state index contributed by atoms with van der Waals surface area (Å²) in [6, 6.07) is 0. The Bertz CT molecular complexity index is 266. The molecule has 0 amide bonds. The molecule has 1 aromatic rings. The second-order valence-electron chi connectivity index (χ2n) is 3.88. The Labute approximate surface area is 88.3 Å². The fourth-order valence-corrected chi connectivity index (χ4v) is 1.93. The van der Waals surface area contributed by atoms with Crippen LogP contribution in [0.2, 0.25) is 0 Å². The molecule has 0 aliphatic heterocycles. The van der Waals surface area contributed by atoms with Gasteiger partial charge in [-0.25, -0.2) is 4.98 Å². The Morgan fingerprint density at radius 2 is 2.15 bits per heavy atom. The van der Waals surface area contributed by atoms with Crippen molar-refractivity contribution < 1.29 is 0 Å². The van der Waals surface area contributed by atoms with E-state index in [2.05, 4.69) is 39.7 Å². The van der Waals surface area contributed by atoms with Crippen molar-refractivity contribution in [3.8, 4) is 0 Å². The van der Waals surface area contributed by atoms with E-state index in [1.165, 1.54) is 18.5 Å². The van der Waals surface area contributed by atoms with Gasteiger partial charge in [0.25, 0.3) is 0 Å². The first-order valence-corrected chi connectivity index (χ1v) is 5.60. The summed E-state index contributed by atoms with van der Waals surface area (Å²) in [5.74, 6) is 1.79. The topological polar surface area (TPSA) is 28.7 Å². The molecule has 1 N–H and O–H groups in total. The molecule has 0 aromatic carbocycles. The average molecular weight is 245 g/mol.